The van der Waals surface area contributed by atoms with E-state index < -0.39 is 11.7 Å². The number of aromatic amines is 1. The summed E-state index contributed by atoms with van der Waals surface area (Å²) in [6.07, 6.45) is -1.53. The smallest absolute Gasteiger partial charge is 0.381 e. The minimum absolute atomic E-state index is 0.167. The highest BCUT2D eigenvalue weighted by atomic mass is 19.4. The number of unbranched alkanes of at least 4 members (excludes halogenated alkanes) is 1. The first kappa shape index (κ1) is 23.5. The normalized spacial score (nSPS) is 11.5. The first-order valence-electron chi connectivity index (χ1n) is 10.6. The lowest BCUT2D eigenvalue weighted by Gasteiger charge is -2.07. The maximum absolute atomic E-state index is 13.0. The molecule has 1 heterocycles. The molecule has 0 saturated heterocycles. The van der Waals surface area contributed by atoms with Crippen LogP contribution in [0.1, 0.15) is 42.1 Å². The van der Waals surface area contributed by atoms with E-state index in [0.717, 1.165) is 43.6 Å². The number of alkyl halides is 3. The fourth-order valence-corrected chi connectivity index (χ4v) is 3.10. The number of ether oxygens (including phenoxy) is 1. The summed E-state index contributed by atoms with van der Waals surface area (Å²) in [5.74, 6) is -0.167. The van der Waals surface area contributed by atoms with Gasteiger partial charge in [-0.25, -0.2) is 0 Å². The molecule has 1 aromatic heterocycles. The van der Waals surface area contributed by atoms with Crippen molar-refractivity contribution in [1.82, 2.24) is 15.5 Å². The Bertz CT molecular complexity index is 1010. The van der Waals surface area contributed by atoms with Gasteiger partial charge in [0.15, 0.2) is 0 Å². The second-order valence-electron chi connectivity index (χ2n) is 7.40. The topological polar surface area (TPSA) is 67.0 Å². The highest BCUT2D eigenvalue weighted by Crippen LogP contribution is 2.32. The van der Waals surface area contributed by atoms with E-state index in [2.05, 4.69) is 22.4 Å². The number of nitrogens with zero attached hydrogens (tertiary/aromatic N) is 1. The number of hydrogen-bond donors (Lipinski definition) is 2. The molecule has 5 nitrogen and oxygen atoms in total. The van der Waals surface area contributed by atoms with Gasteiger partial charge in [0.05, 0.1) is 17.0 Å². The summed E-state index contributed by atoms with van der Waals surface area (Å²) in [7, 11) is 0. The number of amides is 1. The van der Waals surface area contributed by atoms with Gasteiger partial charge < -0.3 is 10.1 Å². The standard InChI is InChI=1S/C24H26F3N3O2/c1-2-3-13-32-14-5-12-28-23(31)18-10-8-17(9-11-18)21-16-22(30-29-21)19-6-4-7-20(15-19)24(25,26)27/h4,6-11,15-16H,2-3,5,12-14H2,1H3,(H,28,31)(H,29,30). The van der Waals surface area contributed by atoms with Gasteiger partial charge in [-0.05, 0) is 48.7 Å². The monoisotopic (exact) mass is 445 g/mol. The predicted molar refractivity (Wildman–Crippen MR) is 117 cm³/mol. The molecule has 0 spiro atoms. The third-order valence-electron chi connectivity index (χ3n) is 4.91. The number of carbonyl (C=O) groups excluding carboxylic acids is 1. The van der Waals surface area contributed by atoms with Crippen LogP contribution in [0.5, 0.6) is 0 Å². The third-order valence-corrected chi connectivity index (χ3v) is 4.91. The Morgan fingerprint density at radius 2 is 1.78 bits per heavy atom. The Balaban J connectivity index is 1.58. The molecule has 8 heteroatoms. The molecular weight excluding hydrogens is 419 g/mol. The molecule has 2 N–H and O–H groups in total. The minimum Gasteiger partial charge on any atom is -0.381 e. The van der Waals surface area contributed by atoms with Gasteiger partial charge in [-0.1, -0.05) is 37.6 Å². The van der Waals surface area contributed by atoms with Crippen LogP contribution in [-0.4, -0.2) is 35.9 Å². The Labute approximate surface area is 185 Å². The van der Waals surface area contributed by atoms with Crippen LogP contribution in [0.3, 0.4) is 0 Å². The van der Waals surface area contributed by atoms with Crippen LogP contribution in [-0.2, 0) is 10.9 Å². The van der Waals surface area contributed by atoms with Gasteiger partial charge in [-0.3, -0.25) is 9.89 Å². The summed E-state index contributed by atoms with van der Waals surface area (Å²) >= 11 is 0. The lowest BCUT2D eigenvalue weighted by atomic mass is 10.1. The van der Waals surface area contributed by atoms with E-state index in [9.17, 15) is 18.0 Å². The lowest BCUT2D eigenvalue weighted by Crippen LogP contribution is -2.25. The Kier molecular flexibility index (Phi) is 8.05. The van der Waals surface area contributed by atoms with E-state index in [0.29, 0.717) is 35.7 Å². The van der Waals surface area contributed by atoms with Crippen molar-refractivity contribution in [3.05, 3.63) is 65.7 Å². The average molecular weight is 445 g/mol. The van der Waals surface area contributed by atoms with Crippen LogP contribution in [0.4, 0.5) is 13.2 Å². The molecule has 2 aromatic carbocycles. The number of halogens is 3. The second kappa shape index (κ2) is 10.9. The largest absolute Gasteiger partial charge is 0.416 e. The first-order valence-corrected chi connectivity index (χ1v) is 10.6. The molecule has 0 aliphatic carbocycles. The van der Waals surface area contributed by atoms with Crippen molar-refractivity contribution in [1.29, 1.82) is 0 Å². The molecule has 32 heavy (non-hydrogen) atoms. The number of benzene rings is 2. The van der Waals surface area contributed by atoms with Crippen molar-refractivity contribution < 1.29 is 22.7 Å². The lowest BCUT2D eigenvalue weighted by molar-refractivity contribution is -0.137. The van der Waals surface area contributed by atoms with E-state index in [1.807, 2.05) is 0 Å². The van der Waals surface area contributed by atoms with Crippen molar-refractivity contribution in [3.63, 3.8) is 0 Å². The van der Waals surface area contributed by atoms with Crippen LogP contribution in [0, 0.1) is 0 Å². The van der Waals surface area contributed by atoms with Crippen LogP contribution >= 0.6 is 0 Å². The van der Waals surface area contributed by atoms with Crippen molar-refractivity contribution in [2.75, 3.05) is 19.8 Å². The van der Waals surface area contributed by atoms with E-state index >= 15 is 0 Å². The van der Waals surface area contributed by atoms with Crippen LogP contribution in [0.2, 0.25) is 0 Å². The maximum Gasteiger partial charge on any atom is 0.416 e. The molecule has 0 fully saturated rings. The fraction of sp³-hybridized carbons (Fsp3) is 0.333. The first-order chi connectivity index (χ1) is 15.4. The molecular formula is C24H26F3N3O2. The third kappa shape index (κ3) is 6.43. The average Bonchev–Trinajstić information content (AvgIpc) is 3.28. The molecule has 170 valence electrons. The van der Waals surface area contributed by atoms with Crippen LogP contribution < -0.4 is 5.32 Å². The summed E-state index contributed by atoms with van der Waals surface area (Å²) in [5, 5.41) is 9.84. The van der Waals surface area contributed by atoms with Crippen molar-refractivity contribution in [2.45, 2.75) is 32.4 Å². The summed E-state index contributed by atoms with van der Waals surface area (Å²) in [4.78, 5) is 12.3. The van der Waals surface area contributed by atoms with Crippen LogP contribution in [0.25, 0.3) is 22.5 Å². The van der Waals surface area contributed by atoms with Gasteiger partial charge in [0.25, 0.3) is 5.91 Å². The number of H-pyrrole nitrogens is 1. The Morgan fingerprint density at radius 3 is 2.50 bits per heavy atom. The van der Waals surface area contributed by atoms with Gasteiger partial charge in [-0.15, -0.1) is 0 Å². The Morgan fingerprint density at radius 1 is 1.03 bits per heavy atom. The Hall–Kier alpha value is -3.13. The quantitative estimate of drug-likeness (QED) is 0.394. The van der Waals surface area contributed by atoms with Gasteiger partial charge >= 0.3 is 6.18 Å². The van der Waals surface area contributed by atoms with Gasteiger partial charge in [-0.2, -0.15) is 18.3 Å². The van der Waals surface area contributed by atoms with Gasteiger partial charge in [0.2, 0.25) is 0 Å². The van der Waals surface area contributed by atoms with E-state index in [4.69, 9.17) is 4.74 Å². The maximum atomic E-state index is 13.0. The molecule has 0 bridgehead atoms. The highest BCUT2D eigenvalue weighted by molar-refractivity contribution is 5.94. The molecule has 3 aromatic rings. The SMILES string of the molecule is CCCCOCCCNC(=O)c1ccc(-c2cc(-c3cccc(C(F)(F)F)c3)n[nH]2)cc1. The molecule has 0 atom stereocenters. The van der Waals surface area contributed by atoms with Crippen molar-refractivity contribution >= 4 is 5.91 Å². The zero-order chi connectivity index (χ0) is 23.0. The minimum atomic E-state index is -4.41. The number of hydrogen-bond acceptors (Lipinski definition) is 3. The van der Waals surface area contributed by atoms with Gasteiger partial charge in [0.1, 0.15) is 0 Å². The molecule has 1 amide bonds. The highest BCUT2D eigenvalue weighted by Gasteiger charge is 2.30. The van der Waals surface area contributed by atoms with Gasteiger partial charge in [0, 0.05) is 30.9 Å². The number of nitrogens with one attached hydrogen (secondary N) is 2. The van der Waals surface area contributed by atoms with E-state index in [-0.39, 0.29) is 5.91 Å². The summed E-state index contributed by atoms with van der Waals surface area (Å²) < 4.78 is 44.3. The zero-order valence-electron chi connectivity index (χ0n) is 17.8. The zero-order valence-corrected chi connectivity index (χ0v) is 17.8. The summed E-state index contributed by atoms with van der Waals surface area (Å²) in [5.41, 5.74) is 2.01. The molecule has 3 rings (SSSR count). The summed E-state index contributed by atoms with van der Waals surface area (Å²) in [6.45, 7) is 4.01. The molecule has 0 unspecified atom stereocenters. The number of carbonyl (C=O) groups is 1. The summed E-state index contributed by atoms with van der Waals surface area (Å²) in [6, 6.07) is 13.7. The molecule has 0 aliphatic heterocycles. The number of rotatable bonds is 10. The van der Waals surface area contributed by atoms with E-state index in [1.165, 1.54) is 6.07 Å². The second-order valence-corrected chi connectivity index (χ2v) is 7.40. The number of aromatic nitrogens is 2. The molecule has 0 saturated carbocycles. The predicted octanol–water partition coefficient (Wildman–Crippen LogP) is 5.70. The van der Waals surface area contributed by atoms with E-state index in [1.54, 1.807) is 36.4 Å². The van der Waals surface area contributed by atoms with Crippen molar-refractivity contribution in [2.24, 2.45) is 0 Å². The van der Waals surface area contributed by atoms with Crippen LogP contribution in [0.15, 0.2) is 54.6 Å². The molecule has 0 radical (unpaired) electrons. The fourth-order valence-electron chi connectivity index (χ4n) is 3.10. The molecule has 0 aliphatic rings. The van der Waals surface area contributed by atoms with Crippen molar-refractivity contribution in [3.8, 4) is 22.5 Å².